The first-order chi connectivity index (χ1) is 6.75. The topological polar surface area (TPSA) is 18.5 Å². The Balaban J connectivity index is 2.08. The largest absolute Gasteiger partial charge is 0.350 e. The molecule has 14 heavy (non-hydrogen) atoms. The Bertz CT molecular complexity index is 314. The molecule has 0 bridgehead atoms. The van der Waals surface area contributed by atoms with E-state index in [0.717, 1.165) is 19.6 Å². The zero-order valence-corrected chi connectivity index (χ0v) is 8.75. The minimum Gasteiger partial charge on any atom is -0.350 e. The summed E-state index contributed by atoms with van der Waals surface area (Å²) in [5.41, 5.74) is 3.95. The van der Waals surface area contributed by atoms with Gasteiger partial charge in [-0.05, 0) is 25.0 Å². The second kappa shape index (κ2) is 4.11. The van der Waals surface area contributed by atoms with Crippen molar-refractivity contribution in [2.24, 2.45) is 0 Å². The molecule has 76 valence electrons. The van der Waals surface area contributed by atoms with E-state index in [1.807, 2.05) is 0 Å². The van der Waals surface area contributed by atoms with Crippen molar-refractivity contribution >= 4 is 0 Å². The van der Waals surface area contributed by atoms with Crippen LogP contribution in [-0.4, -0.2) is 19.5 Å². The highest BCUT2D eigenvalue weighted by molar-refractivity contribution is 5.30. The van der Waals surface area contributed by atoms with E-state index in [2.05, 4.69) is 32.0 Å². The standard InChI is InChI=1S/C12H16O2/c1-9-3-4-11(10(2)7-9)8-12-13-5-6-14-12/h3-4,7,12H,5-6,8H2,1-2H3. The Kier molecular flexibility index (Phi) is 2.85. The van der Waals surface area contributed by atoms with Gasteiger partial charge in [0.05, 0.1) is 13.2 Å². The Morgan fingerprint density at radius 3 is 2.57 bits per heavy atom. The van der Waals surface area contributed by atoms with Gasteiger partial charge >= 0.3 is 0 Å². The predicted octanol–water partition coefficient (Wildman–Crippen LogP) is 2.22. The lowest BCUT2D eigenvalue weighted by Gasteiger charge is -2.11. The monoisotopic (exact) mass is 192 g/mol. The lowest BCUT2D eigenvalue weighted by Crippen LogP contribution is -2.12. The molecule has 1 aromatic carbocycles. The summed E-state index contributed by atoms with van der Waals surface area (Å²) in [4.78, 5) is 0. The smallest absolute Gasteiger partial charge is 0.161 e. The van der Waals surface area contributed by atoms with Crippen molar-refractivity contribution in [3.63, 3.8) is 0 Å². The second-order valence-corrected chi connectivity index (χ2v) is 3.81. The van der Waals surface area contributed by atoms with Crippen LogP contribution in [0.1, 0.15) is 16.7 Å². The maximum absolute atomic E-state index is 5.42. The number of hydrogen-bond acceptors (Lipinski definition) is 2. The van der Waals surface area contributed by atoms with Crippen LogP contribution in [0, 0.1) is 13.8 Å². The highest BCUT2D eigenvalue weighted by atomic mass is 16.7. The summed E-state index contributed by atoms with van der Waals surface area (Å²) >= 11 is 0. The van der Waals surface area contributed by atoms with Gasteiger partial charge < -0.3 is 9.47 Å². The molecular formula is C12H16O2. The minimum atomic E-state index is -0.0311. The first kappa shape index (κ1) is 9.69. The third-order valence-electron chi connectivity index (χ3n) is 2.58. The molecule has 1 aliphatic heterocycles. The first-order valence-corrected chi connectivity index (χ1v) is 5.05. The van der Waals surface area contributed by atoms with E-state index in [0.29, 0.717) is 0 Å². The van der Waals surface area contributed by atoms with Crippen LogP contribution in [0.15, 0.2) is 18.2 Å². The highest BCUT2D eigenvalue weighted by Gasteiger charge is 2.16. The lowest BCUT2D eigenvalue weighted by atomic mass is 10.0. The molecule has 0 radical (unpaired) electrons. The van der Waals surface area contributed by atoms with Gasteiger partial charge in [-0.1, -0.05) is 23.8 Å². The fourth-order valence-corrected chi connectivity index (χ4v) is 1.78. The summed E-state index contributed by atoms with van der Waals surface area (Å²) in [6.45, 7) is 5.71. The van der Waals surface area contributed by atoms with Crippen LogP contribution < -0.4 is 0 Å². The third-order valence-corrected chi connectivity index (χ3v) is 2.58. The Morgan fingerprint density at radius 1 is 1.21 bits per heavy atom. The molecule has 0 unspecified atom stereocenters. The molecule has 1 aliphatic rings. The molecule has 0 atom stereocenters. The van der Waals surface area contributed by atoms with Crippen LogP contribution in [0.2, 0.25) is 0 Å². The van der Waals surface area contributed by atoms with Crippen LogP contribution in [0.25, 0.3) is 0 Å². The van der Waals surface area contributed by atoms with Gasteiger partial charge in [-0.25, -0.2) is 0 Å². The maximum Gasteiger partial charge on any atom is 0.161 e. The SMILES string of the molecule is Cc1ccc(CC2OCCO2)c(C)c1. The molecule has 0 spiro atoms. The van der Waals surface area contributed by atoms with Crippen LogP contribution in [0.4, 0.5) is 0 Å². The van der Waals surface area contributed by atoms with Crippen LogP contribution in [0.3, 0.4) is 0 Å². The second-order valence-electron chi connectivity index (χ2n) is 3.81. The fourth-order valence-electron chi connectivity index (χ4n) is 1.78. The van der Waals surface area contributed by atoms with Gasteiger partial charge in [0.15, 0.2) is 6.29 Å². The molecule has 1 saturated heterocycles. The summed E-state index contributed by atoms with van der Waals surface area (Å²) < 4.78 is 10.8. The van der Waals surface area contributed by atoms with Gasteiger partial charge in [-0.3, -0.25) is 0 Å². The van der Waals surface area contributed by atoms with E-state index in [9.17, 15) is 0 Å². The molecular weight excluding hydrogens is 176 g/mol. The van der Waals surface area contributed by atoms with Gasteiger partial charge in [0, 0.05) is 6.42 Å². The van der Waals surface area contributed by atoms with Gasteiger partial charge in [-0.15, -0.1) is 0 Å². The van der Waals surface area contributed by atoms with E-state index >= 15 is 0 Å². The van der Waals surface area contributed by atoms with Crippen molar-refractivity contribution < 1.29 is 9.47 Å². The molecule has 0 N–H and O–H groups in total. The summed E-state index contributed by atoms with van der Waals surface area (Å²) in [5.74, 6) is 0. The summed E-state index contributed by atoms with van der Waals surface area (Å²) in [6, 6.07) is 6.50. The fraction of sp³-hybridized carbons (Fsp3) is 0.500. The number of hydrogen-bond donors (Lipinski definition) is 0. The zero-order valence-electron chi connectivity index (χ0n) is 8.75. The van der Waals surface area contributed by atoms with Gasteiger partial charge in [0.25, 0.3) is 0 Å². The average Bonchev–Trinajstić information content (AvgIpc) is 2.62. The minimum absolute atomic E-state index is 0.0311. The van der Waals surface area contributed by atoms with E-state index in [-0.39, 0.29) is 6.29 Å². The molecule has 1 aromatic rings. The van der Waals surface area contributed by atoms with E-state index in [4.69, 9.17) is 9.47 Å². The summed E-state index contributed by atoms with van der Waals surface area (Å²) in [5, 5.41) is 0. The predicted molar refractivity (Wildman–Crippen MR) is 55.3 cm³/mol. The highest BCUT2D eigenvalue weighted by Crippen LogP contribution is 2.16. The normalized spacial score (nSPS) is 17.6. The maximum atomic E-state index is 5.42. The number of ether oxygens (including phenoxy) is 2. The van der Waals surface area contributed by atoms with Crippen molar-refractivity contribution in [3.8, 4) is 0 Å². The molecule has 1 fully saturated rings. The Hall–Kier alpha value is -0.860. The summed E-state index contributed by atoms with van der Waals surface area (Å²) in [7, 11) is 0. The number of aryl methyl sites for hydroxylation is 2. The Morgan fingerprint density at radius 2 is 1.93 bits per heavy atom. The Labute approximate surface area is 84.8 Å². The molecule has 2 heteroatoms. The van der Waals surface area contributed by atoms with Gasteiger partial charge in [0.2, 0.25) is 0 Å². The third kappa shape index (κ3) is 2.14. The quantitative estimate of drug-likeness (QED) is 0.715. The van der Waals surface area contributed by atoms with Gasteiger partial charge in [0.1, 0.15) is 0 Å². The summed E-state index contributed by atoms with van der Waals surface area (Å²) in [6.07, 6.45) is 0.836. The van der Waals surface area contributed by atoms with E-state index < -0.39 is 0 Å². The van der Waals surface area contributed by atoms with Crippen molar-refractivity contribution in [2.75, 3.05) is 13.2 Å². The van der Waals surface area contributed by atoms with Gasteiger partial charge in [-0.2, -0.15) is 0 Å². The van der Waals surface area contributed by atoms with Crippen LogP contribution in [0.5, 0.6) is 0 Å². The van der Waals surface area contributed by atoms with Crippen LogP contribution in [-0.2, 0) is 15.9 Å². The van der Waals surface area contributed by atoms with Crippen molar-refractivity contribution in [2.45, 2.75) is 26.6 Å². The molecule has 0 amide bonds. The zero-order chi connectivity index (χ0) is 9.97. The van der Waals surface area contributed by atoms with E-state index in [1.54, 1.807) is 0 Å². The molecule has 1 heterocycles. The molecule has 0 aromatic heterocycles. The molecule has 0 aliphatic carbocycles. The van der Waals surface area contributed by atoms with E-state index in [1.165, 1.54) is 16.7 Å². The van der Waals surface area contributed by atoms with Crippen molar-refractivity contribution in [3.05, 3.63) is 34.9 Å². The lowest BCUT2D eigenvalue weighted by molar-refractivity contribution is -0.0400. The number of rotatable bonds is 2. The van der Waals surface area contributed by atoms with Crippen molar-refractivity contribution in [1.29, 1.82) is 0 Å². The van der Waals surface area contributed by atoms with Crippen molar-refractivity contribution in [1.82, 2.24) is 0 Å². The van der Waals surface area contributed by atoms with Crippen LogP contribution >= 0.6 is 0 Å². The average molecular weight is 192 g/mol. The molecule has 2 rings (SSSR count). The number of benzene rings is 1. The molecule has 2 nitrogen and oxygen atoms in total. The first-order valence-electron chi connectivity index (χ1n) is 5.05. The molecule has 0 saturated carbocycles.